The summed E-state index contributed by atoms with van der Waals surface area (Å²) < 4.78 is 1.14. The first kappa shape index (κ1) is 29.2. The lowest BCUT2D eigenvalue weighted by atomic mass is 9.53. The quantitative estimate of drug-likeness (QED) is 0.198. The fourth-order valence-electron chi connectivity index (χ4n) is 6.46. The van der Waals surface area contributed by atoms with Crippen LogP contribution in [0.1, 0.15) is 88.8 Å². The van der Waals surface area contributed by atoms with Crippen molar-refractivity contribution in [1.82, 2.24) is 0 Å². The molecule has 0 unspecified atom stereocenters. The molecule has 1 aliphatic carbocycles. The third-order valence-corrected chi connectivity index (χ3v) is 9.90. The Kier molecular flexibility index (Phi) is 8.76. The average Bonchev–Trinajstić information content (AvgIpc) is 2.92. The van der Waals surface area contributed by atoms with Gasteiger partial charge in [0.25, 0.3) is 0 Å². The molecule has 1 fully saturated rings. The zero-order valence-corrected chi connectivity index (χ0v) is 26.0. The van der Waals surface area contributed by atoms with E-state index >= 15 is 0 Å². The van der Waals surface area contributed by atoms with Gasteiger partial charge in [-0.1, -0.05) is 68.3 Å². The van der Waals surface area contributed by atoms with Crippen LogP contribution in [0.15, 0.2) is 30.3 Å². The molecule has 3 atom stereocenters. The maximum absolute atomic E-state index is 13.9. The summed E-state index contributed by atoms with van der Waals surface area (Å²) in [5, 5.41) is 11.4. The largest absolute Gasteiger partial charge is 0.481 e. The molecule has 2 aliphatic rings. The lowest BCUT2D eigenvalue weighted by molar-refractivity contribution is -0.157. The van der Waals surface area contributed by atoms with Gasteiger partial charge in [0.1, 0.15) is 0 Å². The van der Waals surface area contributed by atoms with Gasteiger partial charge < -0.3 is 10.0 Å². The number of carbonyl (C=O) groups is 2. The van der Waals surface area contributed by atoms with E-state index in [-0.39, 0.29) is 24.2 Å². The highest BCUT2D eigenvalue weighted by Crippen LogP contribution is 2.59. The van der Waals surface area contributed by atoms with E-state index in [4.69, 9.17) is 23.2 Å². The number of hydrogen-bond donors (Lipinski definition) is 1. The fraction of sp³-hybridized carbons (Fsp3) is 0.484. The molecular weight excluding hydrogens is 632 g/mol. The third kappa shape index (κ3) is 5.33. The van der Waals surface area contributed by atoms with Gasteiger partial charge in [-0.25, -0.2) is 0 Å². The van der Waals surface area contributed by atoms with Crippen LogP contribution in [-0.2, 0) is 15.0 Å². The van der Waals surface area contributed by atoms with Crippen LogP contribution < -0.4 is 4.90 Å². The van der Waals surface area contributed by atoms with Crippen molar-refractivity contribution in [3.05, 3.63) is 60.6 Å². The van der Waals surface area contributed by atoms with Crippen LogP contribution in [0.2, 0.25) is 10.0 Å². The van der Waals surface area contributed by atoms with Crippen LogP contribution >= 0.6 is 45.8 Å². The summed E-state index contributed by atoms with van der Waals surface area (Å²) >= 11 is 16.2. The lowest BCUT2D eigenvalue weighted by Crippen LogP contribution is -2.50. The minimum Gasteiger partial charge on any atom is -0.481 e. The molecule has 1 amide bonds. The second kappa shape index (κ2) is 11.4. The lowest BCUT2D eigenvalue weighted by Gasteiger charge is -2.49. The molecule has 4 rings (SSSR count). The molecule has 2 aromatic rings. The molecule has 7 heteroatoms. The predicted molar refractivity (Wildman–Crippen MR) is 163 cm³/mol. The summed E-state index contributed by atoms with van der Waals surface area (Å²) in [6.45, 7) is 8.43. The minimum atomic E-state index is -1.01. The molecule has 1 saturated carbocycles. The molecule has 0 aromatic heterocycles. The molecule has 1 aliphatic heterocycles. The summed E-state index contributed by atoms with van der Waals surface area (Å²) in [6, 6.07) is 10.0. The summed E-state index contributed by atoms with van der Waals surface area (Å²) in [7, 11) is 0. The second-order valence-corrected chi connectivity index (χ2v) is 13.4. The third-order valence-electron chi connectivity index (χ3n) is 8.53. The number of carboxylic acid groups (broad SMARTS) is 1. The first-order valence-electron chi connectivity index (χ1n) is 13.2. The Bertz CT molecular complexity index is 1330. The SMILES string of the molecule is CC(C)c1c(Cl)cc2c(c1Cl)N(CCCC#Cc1cccc(I)c1)C(=O)C[C@H]1[C@](C)(C(=O)O)CCC[C@]21C. The Morgan fingerprint density at radius 3 is 2.63 bits per heavy atom. The Morgan fingerprint density at radius 1 is 1.24 bits per heavy atom. The molecule has 2 aromatic carbocycles. The maximum Gasteiger partial charge on any atom is 0.309 e. The average molecular weight is 666 g/mol. The van der Waals surface area contributed by atoms with E-state index in [9.17, 15) is 14.7 Å². The van der Waals surface area contributed by atoms with Crippen molar-refractivity contribution in [3.63, 3.8) is 0 Å². The van der Waals surface area contributed by atoms with Crippen LogP contribution in [0.3, 0.4) is 0 Å². The van der Waals surface area contributed by atoms with E-state index in [0.29, 0.717) is 41.5 Å². The van der Waals surface area contributed by atoms with Gasteiger partial charge in [0.15, 0.2) is 0 Å². The Hall–Kier alpha value is -1.75. The number of hydrogen-bond acceptors (Lipinski definition) is 2. The van der Waals surface area contributed by atoms with E-state index in [1.54, 1.807) is 11.8 Å². The number of carbonyl (C=O) groups excluding carboxylic acids is 1. The molecular formula is C31H34Cl2INO3. The zero-order chi connectivity index (χ0) is 27.8. The highest BCUT2D eigenvalue weighted by Gasteiger charge is 2.57. The number of halogens is 3. The van der Waals surface area contributed by atoms with E-state index in [2.05, 4.69) is 41.4 Å². The number of aliphatic carboxylic acids is 1. The van der Waals surface area contributed by atoms with Gasteiger partial charge in [0.2, 0.25) is 5.91 Å². The van der Waals surface area contributed by atoms with E-state index in [1.165, 1.54) is 0 Å². The summed E-state index contributed by atoms with van der Waals surface area (Å²) in [4.78, 5) is 28.3. The summed E-state index contributed by atoms with van der Waals surface area (Å²) in [5.74, 6) is 5.22. The first-order valence-corrected chi connectivity index (χ1v) is 15.0. The summed E-state index contributed by atoms with van der Waals surface area (Å²) in [5.41, 5.74) is 1.84. The van der Waals surface area contributed by atoms with Gasteiger partial charge in [0, 0.05) is 33.5 Å². The van der Waals surface area contributed by atoms with Crippen molar-refractivity contribution < 1.29 is 14.7 Å². The number of rotatable bonds is 5. The molecule has 0 bridgehead atoms. The smallest absolute Gasteiger partial charge is 0.309 e. The Labute approximate surface area is 249 Å². The van der Waals surface area contributed by atoms with Crippen LogP contribution in [0.5, 0.6) is 0 Å². The molecule has 38 heavy (non-hydrogen) atoms. The van der Waals surface area contributed by atoms with Crippen LogP contribution in [0.25, 0.3) is 0 Å². The van der Waals surface area contributed by atoms with Gasteiger partial charge >= 0.3 is 5.97 Å². The number of fused-ring (bicyclic) bond motifs is 3. The summed E-state index contributed by atoms with van der Waals surface area (Å²) in [6.07, 6.45) is 3.55. The standard InChI is InChI=1S/C31H34Cl2INO3/c1-19(2)26-23(32)17-22-28(27(26)33)35(15-7-5-6-10-20-11-8-12-21(34)16-20)25(36)18-24-30(22,3)13-9-14-31(24,4)29(37)38/h8,11-12,16-17,19,24H,5,7,9,13-15,18H2,1-4H3,(H,37,38)/t24-,30-,31-/m1/s1. The van der Waals surface area contributed by atoms with Crippen molar-refractivity contribution in [2.24, 2.45) is 11.3 Å². The van der Waals surface area contributed by atoms with E-state index < -0.39 is 16.8 Å². The van der Waals surface area contributed by atoms with Crippen LogP contribution in [0.4, 0.5) is 5.69 Å². The first-order chi connectivity index (χ1) is 17.9. The molecule has 0 saturated heterocycles. The number of amides is 1. The fourth-order valence-corrected chi connectivity index (χ4v) is 7.99. The number of carboxylic acids is 1. The zero-order valence-electron chi connectivity index (χ0n) is 22.3. The van der Waals surface area contributed by atoms with E-state index in [1.807, 2.05) is 44.2 Å². The highest BCUT2D eigenvalue weighted by atomic mass is 127. The monoisotopic (exact) mass is 665 g/mol. The second-order valence-electron chi connectivity index (χ2n) is 11.3. The molecule has 0 radical (unpaired) electrons. The molecule has 1 heterocycles. The normalized spacial score (nSPS) is 24.8. The maximum atomic E-state index is 13.9. The Balaban J connectivity index is 1.76. The van der Waals surface area contributed by atoms with Gasteiger partial charge in [-0.15, -0.1) is 0 Å². The van der Waals surface area contributed by atoms with Crippen molar-refractivity contribution >= 4 is 63.4 Å². The number of benzene rings is 2. The topological polar surface area (TPSA) is 57.6 Å². The highest BCUT2D eigenvalue weighted by molar-refractivity contribution is 14.1. The Morgan fingerprint density at radius 2 is 1.97 bits per heavy atom. The van der Waals surface area contributed by atoms with Crippen molar-refractivity contribution in [2.75, 3.05) is 11.4 Å². The molecule has 0 spiro atoms. The predicted octanol–water partition coefficient (Wildman–Crippen LogP) is 8.44. The molecule has 4 nitrogen and oxygen atoms in total. The minimum absolute atomic E-state index is 0.0688. The van der Waals surface area contributed by atoms with E-state index in [0.717, 1.165) is 33.1 Å². The van der Waals surface area contributed by atoms with Gasteiger partial charge in [-0.05, 0) is 101 Å². The van der Waals surface area contributed by atoms with Crippen LogP contribution in [-0.4, -0.2) is 23.5 Å². The number of anilines is 1. The van der Waals surface area contributed by atoms with Crippen molar-refractivity contribution in [2.45, 2.75) is 77.6 Å². The molecule has 202 valence electrons. The van der Waals surface area contributed by atoms with Gasteiger partial charge in [-0.2, -0.15) is 0 Å². The number of unbranched alkanes of at least 4 members (excludes halogenated alkanes) is 1. The van der Waals surface area contributed by atoms with Gasteiger partial charge in [-0.3, -0.25) is 9.59 Å². The van der Waals surface area contributed by atoms with Gasteiger partial charge in [0.05, 0.1) is 16.1 Å². The number of nitrogens with zero attached hydrogens (tertiary/aromatic N) is 1. The molecule has 1 N–H and O–H groups in total. The van der Waals surface area contributed by atoms with Crippen molar-refractivity contribution in [1.29, 1.82) is 0 Å². The van der Waals surface area contributed by atoms with Crippen LogP contribution in [0, 0.1) is 26.7 Å². The van der Waals surface area contributed by atoms with Crippen molar-refractivity contribution in [3.8, 4) is 11.8 Å².